The number of anilines is 1. The molecule has 0 bridgehead atoms. The Labute approximate surface area is 151 Å². The molecule has 1 heterocycles. The van der Waals surface area contributed by atoms with Gasteiger partial charge in [-0.15, -0.1) is 0 Å². The smallest absolute Gasteiger partial charge is 0.446 e. The maximum atomic E-state index is 12.6. The molecule has 9 heteroatoms. The van der Waals surface area contributed by atoms with Crippen LogP contribution in [-0.4, -0.2) is 31.7 Å². The highest BCUT2D eigenvalue weighted by molar-refractivity contribution is 8.00. The molecule has 0 amide bonds. The van der Waals surface area contributed by atoms with Gasteiger partial charge >= 0.3 is 17.4 Å². The number of nitrogens with zero attached hydrogens (tertiary/aromatic N) is 1. The van der Waals surface area contributed by atoms with E-state index in [4.69, 9.17) is 4.74 Å². The number of benzene rings is 1. The van der Waals surface area contributed by atoms with Crippen molar-refractivity contribution in [3.8, 4) is 0 Å². The Balaban J connectivity index is 2.57. The third-order valence-corrected chi connectivity index (χ3v) is 3.94. The Hall–Kier alpha value is -2.68. The normalized spacial score (nSPS) is 14.3. The Morgan fingerprint density at radius 1 is 1.08 bits per heavy atom. The lowest BCUT2D eigenvalue weighted by molar-refractivity contribution is -0.139. The third-order valence-electron chi connectivity index (χ3n) is 3.22. The van der Waals surface area contributed by atoms with Crippen LogP contribution in [0.3, 0.4) is 0 Å². The average molecular weight is 385 g/mol. The maximum Gasteiger partial charge on any atom is 0.446 e. The van der Waals surface area contributed by atoms with E-state index < -0.39 is 17.4 Å². The highest BCUT2D eigenvalue weighted by Crippen LogP contribution is 2.38. The molecule has 0 N–H and O–H groups in total. The lowest BCUT2D eigenvalue weighted by Crippen LogP contribution is -2.27. The number of alkyl halides is 3. The molecule has 138 valence electrons. The van der Waals surface area contributed by atoms with Crippen LogP contribution in [0.5, 0.6) is 0 Å². The fourth-order valence-corrected chi connectivity index (χ4v) is 2.79. The van der Waals surface area contributed by atoms with E-state index in [-0.39, 0.29) is 33.6 Å². The molecule has 0 aromatic heterocycles. The zero-order chi connectivity index (χ0) is 19.3. The van der Waals surface area contributed by atoms with Crippen LogP contribution in [0.25, 0.3) is 0 Å². The van der Waals surface area contributed by atoms with Gasteiger partial charge in [0, 0.05) is 16.8 Å². The Bertz CT molecular complexity index is 799. The topological polar surface area (TPSA) is 55.8 Å². The third kappa shape index (κ3) is 4.69. The van der Waals surface area contributed by atoms with E-state index in [1.807, 2.05) is 0 Å². The van der Waals surface area contributed by atoms with Crippen molar-refractivity contribution in [2.75, 3.05) is 19.1 Å². The fraction of sp³-hybridized carbons (Fsp3) is 0.176. The van der Waals surface area contributed by atoms with Crippen LogP contribution >= 0.6 is 11.8 Å². The van der Waals surface area contributed by atoms with Crippen molar-refractivity contribution >= 4 is 29.4 Å². The number of hydrogen-bond donors (Lipinski definition) is 0. The number of hydrogen-bond acceptors (Lipinski definition) is 6. The van der Waals surface area contributed by atoms with Crippen molar-refractivity contribution in [3.63, 3.8) is 0 Å². The molecule has 5 nitrogen and oxygen atoms in total. The fourth-order valence-electron chi connectivity index (χ4n) is 2.20. The van der Waals surface area contributed by atoms with Crippen LogP contribution < -0.4 is 4.90 Å². The quantitative estimate of drug-likeness (QED) is 0.581. The minimum absolute atomic E-state index is 0.0653. The van der Waals surface area contributed by atoms with Crippen LogP contribution in [0.2, 0.25) is 0 Å². The summed E-state index contributed by atoms with van der Waals surface area (Å²) < 4.78 is 47.3. The van der Waals surface area contributed by atoms with E-state index in [9.17, 15) is 22.8 Å². The summed E-state index contributed by atoms with van der Waals surface area (Å²) in [6.45, 7) is 0. The highest BCUT2D eigenvalue weighted by atomic mass is 32.2. The number of ether oxygens (including phenoxy) is 2. The molecule has 1 aromatic rings. The van der Waals surface area contributed by atoms with Crippen molar-refractivity contribution in [3.05, 3.63) is 60.0 Å². The van der Waals surface area contributed by atoms with Crippen LogP contribution in [0.15, 0.2) is 64.9 Å². The highest BCUT2D eigenvalue weighted by Gasteiger charge is 2.31. The molecule has 0 aliphatic carbocycles. The summed E-state index contributed by atoms with van der Waals surface area (Å²) in [6.07, 6.45) is 5.84. The van der Waals surface area contributed by atoms with Crippen molar-refractivity contribution in [1.29, 1.82) is 0 Å². The van der Waals surface area contributed by atoms with E-state index in [0.29, 0.717) is 0 Å². The molecule has 0 radical (unpaired) electrons. The number of halogens is 3. The predicted octanol–water partition coefficient (Wildman–Crippen LogP) is 3.79. The number of rotatable bonds is 4. The molecular weight excluding hydrogens is 371 g/mol. The van der Waals surface area contributed by atoms with Crippen molar-refractivity contribution in [2.45, 2.75) is 10.4 Å². The maximum absolute atomic E-state index is 12.6. The summed E-state index contributed by atoms with van der Waals surface area (Å²) in [4.78, 5) is 25.5. The number of carbonyl (C=O) groups excluding carboxylic acids is 2. The monoisotopic (exact) mass is 385 g/mol. The molecule has 0 saturated heterocycles. The first kappa shape index (κ1) is 19.6. The van der Waals surface area contributed by atoms with Gasteiger partial charge in [0.05, 0.1) is 19.8 Å². The Morgan fingerprint density at radius 2 is 1.77 bits per heavy atom. The van der Waals surface area contributed by atoms with E-state index in [0.717, 1.165) is 14.2 Å². The summed E-state index contributed by atoms with van der Waals surface area (Å²) in [6, 6.07) is 5.48. The predicted molar refractivity (Wildman–Crippen MR) is 90.2 cm³/mol. The number of carbonyl (C=O) groups is 2. The summed E-state index contributed by atoms with van der Waals surface area (Å²) in [7, 11) is 2.29. The van der Waals surface area contributed by atoms with E-state index in [2.05, 4.69) is 4.74 Å². The first-order valence-electron chi connectivity index (χ1n) is 7.17. The van der Waals surface area contributed by atoms with E-state index in [1.54, 1.807) is 0 Å². The van der Waals surface area contributed by atoms with Crippen LogP contribution in [0.4, 0.5) is 18.9 Å². The molecule has 0 spiro atoms. The second kappa shape index (κ2) is 8.13. The first-order valence-corrected chi connectivity index (χ1v) is 7.99. The van der Waals surface area contributed by atoms with Gasteiger partial charge in [-0.3, -0.25) is 0 Å². The molecule has 26 heavy (non-hydrogen) atoms. The van der Waals surface area contributed by atoms with Crippen molar-refractivity contribution in [1.82, 2.24) is 0 Å². The average Bonchev–Trinajstić information content (AvgIpc) is 2.82. The largest absolute Gasteiger partial charge is 0.465 e. The Morgan fingerprint density at radius 3 is 2.38 bits per heavy atom. The second-order valence-corrected chi connectivity index (χ2v) is 6.00. The van der Waals surface area contributed by atoms with Crippen molar-refractivity contribution in [2.24, 2.45) is 0 Å². The molecule has 1 aliphatic rings. The lowest BCUT2D eigenvalue weighted by atomic mass is 10.1. The SMILES string of the molecule is COC(=O)C1=C(C(=O)OC)N(c2cccc(SC(F)(F)F)c2)C=CC=C1. The zero-order valence-corrected chi connectivity index (χ0v) is 14.6. The minimum Gasteiger partial charge on any atom is -0.465 e. The first-order chi connectivity index (χ1) is 12.3. The van der Waals surface area contributed by atoms with Gasteiger partial charge in [-0.25, -0.2) is 9.59 Å². The number of methoxy groups -OCH3 is 2. The molecular formula is C17H14F3NO4S. The second-order valence-electron chi connectivity index (χ2n) is 4.86. The molecule has 1 aromatic carbocycles. The molecule has 0 saturated carbocycles. The molecule has 2 rings (SSSR count). The van der Waals surface area contributed by atoms with Gasteiger partial charge in [-0.05, 0) is 42.1 Å². The van der Waals surface area contributed by atoms with Gasteiger partial charge in [0.1, 0.15) is 5.70 Å². The van der Waals surface area contributed by atoms with Gasteiger partial charge < -0.3 is 14.4 Å². The van der Waals surface area contributed by atoms with Gasteiger partial charge in [-0.1, -0.05) is 12.1 Å². The van der Waals surface area contributed by atoms with Gasteiger partial charge in [0.25, 0.3) is 0 Å². The van der Waals surface area contributed by atoms with Gasteiger partial charge in [-0.2, -0.15) is 13.2 Å². The van der Waals surface area contributed by atoms with Crippen LogP contribution in [0, 0.1) is 0 Å². The van der Waals surface area contributed by atoms with Gasteiger partial charge in [0.15, 0.2) is 0 Å². The molecule has 1 aliphatic heterocycles. The van der Waals surface area contributed by atoms with Crippen LogP contribution in [-0.2, 0) is 19.1 Å². The van der Waals surface area contributed by atoms with Crippen molar-refractivity contribution < 1.29 is 32.2 Å². The number of thioether (sulfide) groups is 1. The van der Waals surface area contributed by atoms with E-state index in [1.165, 1.54) is 53.6 Å². The molecule has 0 atom stereocenters. The van der Waals surface area contributed by atoms with Gasteiger partial charge in [0.2, 0.25) is 0 Å². The van der Waals surface area contributed by atoms with E-state index >= 15 is 0 Å². The Kier molecular flexibility index (Phi) is 6.14. The molecule has 0 fully saturated rings. The summed E-state index contributed by atoms with van der Waals surface area (Å²) >= 11 is -0.279. The summed E-state index contributed by atoms with van der Waals surface area (Å²) in [5.74, 6) is -1.62. The summed E-state index contributed by atoms with van der Waals surface area (Å²) in [5, 5.41) is 0. The summed E-state index contributed by atoms with van der Waals surface area (Å²) in [5.41, 5.74) is -4.45. The number of esters is 2. The minimum atomic E-state index is -4.45. The number of allylic oxidation sites excluding steroid dienone is 2. The lowest BCUT2D eigenvalue weighted by Gasteiger charge is -2.23. The zero-order valence-electron chi connectivity index (χ0n) is 13.7. The standard InChI is InChI=1S/C17H14F3NO4S/c1-24-15(22)13-8-3-4-9-21(14(13)16(23)25-2)11-6-5-7-12(10-11)26-17(18,19)20/h3-10H,1-2H3. The van der Waals surface area contributed by atoms with Crippen LogP contribution in [0.1, 0.15) is 0 Å². The molecule has 0 unspecified atom stereocenters.